The highest BCUT2D eigenvalue weighted by Gasteiger charge is 2.15. The first-order valence-electron chi connectivity index (χ1n) is 8.65. The maximum Gasteiger partial charge on any atom is -0.00161 e. The molecule has 1 fully saturated rings. The summed E-state index contributed by atoms with van der Waals surface area (Å²) in [5.74, 6) is 1.80. The second-order valence-corrected chi connectivity index (χ2v) is 6.73. The maximum atomic E-state index is 3.54. The molecule has 1 rings (SSSR count). The van der Waals surface area contributed by atoms with Crippen molar-refractivity contribution in [1.82, 2.24) is 10.2 Å². The Kier molecular flexibility index (Phi) is 9.54. The lowest BCUT2D eigenvalue weighted by Gasteiger charge is -2.20. The van der Waals surface area contributed by atoms with Gasteiger partial charge in [0.1, 0.15) is 0 Å². The largest absolute Gasteiger partial charge is 0.316 e. The fraction of sp³-hybridized carbons (Fsp3) is 1.00. The Morgan fingerprint density at radius 3 is 2.74 bits per heavy atom. The molecule has 0 aromatic heterocycles. The van der Waals surface area contributed by atoms with Crippen molar-refractivity contribution in [3.8, 4) is 0 Å². The molecule has 19 heavy (non-hydrogen) atoms. The molecule has 1 saturated heterocycles. The fourth-order valence-corrected chi connectivity index (χ4v) is 3.12. The monoisotopic (exact) mass is 268 g/mol. The van der Waals surface area contributed by atoms with Crippen molar-refractivity contribution in [1.29, 1.82) is 0 Å². The van der Waals surface area contributed by atoms with E-state index in [-0.39, 0.29) is 0 Å². The topological polar surface area (TPSA) is 15.3 Å². The Bertz CT molecular complexity index is 203. The Labute approximate surface area is 121 Å². The summed E-state index contributed by atoms with van der Waals surface area (Å²) in [7, 11) is 0. The van der Waals surface area contributed by atoms with E-state index in [1.54, 1.807) is 0 Å². The first kappa shape index (κ1) is 17.0. The lowest BCUT2D eigenvalue weighted by Crippen LogP contribution is -2.27. The Morgan fingerprint density at radius 2 is 2.00 bits per heavy atom. The van der Waals surface area contributed by atoms with Crippen LogP contribution < -0.4 is 5.32 Å². The summed E-state index contributed by atoms with van der Waals surface area (Å²) >= 11 is 0. The highest BCUT2D eigenvalue weighted by Crippen LogP contribution is 2.21. The zero-order valence-corrected chi connectivity index (χ0v) is 13.6. The fourth-order valence-electron chi connectivity index (χ4n) is 3.12. The van der Waals surface area contributed by atoms with Crippen LogP contribution in [0.5, 0.6) is 0 Å². The van der Waals surface area contributed by atoms with Crippen LogP contribution in [0.3, 0.4) is 0 Å². The average molecular weight is 268 g/mol. The van der Waals surface area contributed by atoms with Gasteiger partial charge in [0.2, 0.25) is 0 Å². The van der Waals surface area contributed by atoms with Crippen molar-refractivity contribution >= 4 is 0 Å². The van der Waals surface area contributed by atoms with Crippen LogP contribution in [-0.4, -0.2) is 37.6 Å². The third kappa shape index (κ3) is 8.65. The van der Waals surface area contributed by atoms with Gasteiger partial charge in [-0.2, -0.15) is 0 Å². The zero-order chi connectivity index (χ0) is 13.9. The van der Waals surface area contributed by atoms with Crippen LogP contribution in [0.1, 0.15) is 65.7 Å². The lowest BCUT2D eigenvalue weighted by atomic mass is 9.96. The van der Waals surface area contributed by atoms with Gasteiger partial charge in [0.15, 0.2) is 0 Å². The first-order valence-corrected chi connectivity index (χ1v) is 8.65. The van der Waals surface area contributed by atoms with E-state index in [1.807, 2.05) is 0 Å². The van der Waals surface area contributed by atoms with E-state index >= 15 is 0 Å². The van der Waals surface area contributed by atoms with Crippen molar-refractivity contribution < 1.29 is 0 Å². The van der Waals surface area contributed by atoms with E-state index in [1.165, 1.54) is 77.7 Å². The summed E-state index contributed by atoms with van der Waals surface area (Å²) in [4.78, 5) is 2.71. The van der Waals surface area contributed by atoms with Gasteiger partial charge in [-0.15, -0.1) is 0 Å². The minimum absolute atomic E-state index is 0.779. The van der Waals surface area contributed by atoms with Gasteiger partial charge in [-0.3, -0.25) is 0 Å². The number of nitrogens with one attached hydrogen (secondary N) is 1. The van der Waals surface area contributed by atoms with Gasteiger partial charge in [0, 0.05) is 0 Å². The van der Waals surface area contributed by atoms with Crippen molar-refractivity contribution in [2.45, 2.75) is 65.7 Å². The SMILES string of the molecule is CCCC1CCCN(CCCCNCC(C)C)CC1. The van der Waals surface area contributed by atoms with Crippen molar-refractivity contribution in [2.24, 2.45) is 11.8 Å². The van der Waals surface area contributed by atoms with Crippen LogP contribution in [0.2, 0.25) is 0 Å². The van der Waals surface area contributed by atoms with Gasteiger partial charge < -0.3 is 10.2 Å². The molecular formula is C17H36N2. The smallest absolute Gasteiger partial charge is 0.00161 e. The summed E-state index contributed by atoms with van der Waals surface area (Å²) < 4.78 is 0. The number of nitrogens with zero attached hydrogens (tertiary/aromatic N) is 1. The summed E-state index contributed by atoms with van der Waals surface area (Å²) in [5.41, 5.74) is 0. The third-order valence-corrected chi connectivity index (χ3v) is 4.27. The molecule has 1 aliphatic rings. The van der Waals surface area contributed by atoms with Gasteiger partial charge in [-0.1, -0.05) is 33.6 Å². The first-order chi connectivity index (χ1) is 9.22. The summed E-state index contributed by atoms with van der Waals surface area (Å²) in [6.45, 7) is 13.3. The molecule has 2 heteroatoms. The highest BCUT2D eigenvalue weighted by molar-refractivity contribution is 4.70. The quantitative estimate of drug-likeness (QED) is 0.638. The highest BCUT2D eigenvalue weighted by atomic mass is 15.1. The molecule has 0 amide bonds. The summed E-state index contributed by atoms with van der Waals surface area (Å²) in [6, 6.07) is 0. The molecule has 1 aliphatic heterocycles. The van der Waals surface area contributed by atoms with Gasteiger partial charge in [-0.05, 0) is 76.7 Å². The van der Waals surface area contributed by atoms with Crippen molar-refractivity contribution in [2.75, 3.05) is 32.7 Å². The number of unbranched alkanes of at least 4 members (excludes halogenated alkanes) is 1. The Balaban J connectivity index is 2.00. The van der Waals surface area contributed by atoms with Crippen molar-refractivity contribution in [3.05, 3.63) is 0 Å². The van der Waals surface area contributed by atoms with E-state index in [4.69, 9.17) is 0 Å². The second kappa shape index (κ2) is 10.7. The number of hydrogen-bond acceptors (Lipinski definition) is 2. The number of hydrogen-bond donors (Lipinski definition) is 1. The van der Waals surface area contributed by atoms with Crippen LogP contribution in [0.4, 0.5) is 0 Å². The molecule has 1 unspecified atom stereocenters. The maximum absolute atomic E-state index is 3.54. The number of likely N-dealkylation sites (tertiary alicyclic amines) is 1. The van der Waals surface area contributed by atoms with Crippen LogP contribution in [0.25, 0.3) is 0 Å². The normalized spacial score (nSPS) is 21.8. The van der Waals surface area contributed by atoms with Crippen molar-refractivity contribution in [3.63, 3.8) is 0 Å². The predicted molar refractivity (Wildman–Crippen MR) is 85.6 cm³/mol. The van der Waals surface area contributed by atoms with E-state index in [9.17, 15) is 0 Å². The molecule has 0 saturated carbocycles. The molecule has 2 nitrogen and oxygen atoms in total. The van der Waals surface area contributed by atoms with E-state index < -0.39 is 0 Å². The molecule has 0 aliphatic carbocycles. The molecule has 0 bridgehead atoms. The standard InChI is InChI=1S/C17H36N2/c1-4-8-17-9-7-13-19(14-10-17)12-6-5-11-18-15-16(2)3/h16-18H,4-15H2,1-3H3. The van der Waals surface area contributed by atoms with Crippen LogP contribution in [-0.2, 0) is 0 Å². The third-order valence-electron chi connectivity index (χ3n) is 4.27. The Hall–Kier alpha value is -0.0800. The van der Waals surface area contributed by atoms with Gasteiger partial charge >= 0.3 is 0 Å². The van der Waals surface area contributed by atoms with E-state index in [0.29, 0.717) is 0 Å². The van der Waals surface area contributed by atoms with Crippen LogP contribution in [0.15, 0.2) is 0 Å². The molecular weight excluding hydrogens is 232 g/mol. The molecule has 114 valence electrons. The lowest BCUT2D eigenvalue weighted by molar-refractivity contribution is 0.273. The average Bonchev–Trinajstić information content (AvgIpc) is 2.59. The molecule has 0 aromatic rings. The Morgan fingerprint density at radius 1 is 1.16 bits per heavy atom. The van der Waals surface area contributed by atoms with Gasteiger partial charge in [0.25, 0.3) is 0 Å². The zero-order valence-electron chi connectivity index (χ0n) is 13.6. The summed E-state index contributed by atoms with van der Waals surface area (Å²) in [6.07, 6.45) is 9.86. The molecule has 1 atom stereocenters. The van der Waals surface area contributed by atoms with Gasteiger partial charge in [-0.25, -0.2) is 0 Å². The minimum Gasteiger partial charge on any atom is -0.316 e. The molecule has 1 N–H and O–H groups in total. The van der Waals surface area contributed by atoms with Crippen LogP contribution >= 0.6 is 0 Å². The second-order valence-electron chi connectivity index (χ2n) is 6.73. The molecule has 0 aromatic carbocycles. The van der Waals surface area contributed by atoms with E-state index in [2.05, 4.69) is 31.0 Å². The molecule has 1 heterocycles. The summed E-state index contributed by atoms with van der Waals surface area (Å²) in [5, 5.41) is 3.54. The van der Waals surface area contributed by atoms with Gasteiger partial charge in [0.05, 0.1) is 0 Å². The van der Waals surface area contributed by atoms with E-state index in [0.717, 1.165) is 11.8 Å². The molecule has 0 spiro atoms. The predicted octanol–water partition coefficient (Wildman–Crippen LogP) is 3.91. The minimum atomic E-state index is 0.779. The number of rotatable bonds is 9. The van der Waals surface area contributed by atoms with Crippen LogP contribution in [0, 0.1) is 11.8 Å². The molecule has 0 radical (unpaired) electrons.